The van der Waals surface area contributed by atoms with Gasteiger partial charge in [-0.25, -0.2) is 4.79 Å². The summed E-state index contributed by atoms with van der Waals surface area (Å²) in [5, 5.41) is 17.6. The smallest absolute Gasteiger partial charge is 0.437 e. The van der Waals surface area contributed by atoms with Gasteiger partial charge in [0.15, 0.2) is 0 Å². The lowest BCUT2D eigenvalue weighted by Gasteiger charge is -2.15. The maximum Gasteiger partial charge on any atom is 0.437 e. The molecule has 2 N–H and O–H groups in total. The molecule has 3 aromatic rings. The summed E-state index contributed by atoms with van der Waals surface area (Å²) in [5.74, 6) is 0.725. The summed E-state index contributed by atoms with van der Waals surface area (Å²) in [6.07, 6.45) is -1.98. The Labute approximate surface area is 184 Å². The molecule has 0 spiro atoms. The number of halogens is 1. The van der Waals surface area contributed by atoms with Crippen LogP contribution in [0.3, 0.4) is 0 Å². The number of ether oxygens (including phenoxy) is 2. The molecule has 160 valence electrons. The van der Waals surface area contributed by atoms with Crippen LogP contribution in [0.25, 0.3) is 0 Å². The average Bonchev–Trinajstić information content (AvgIpc) is 2.80. The third-order valence-electron chi connectivity index (χ3n) is 4.38. The van der Waals surface area contributed by atoms with Crippen LogP contribution in [-0.2, 0) is 4.84 Å². The first kappa shape index (κ1) is 22.1. The Balaban J connectivity index is 1.84. The summed E-state index contributed by atoms with van der Waals surface area (Å²) in [7, 11) is 2.92. The molecule has 3 aromatic carbocycles. The highest BCUT2D eigenvalue weighted by Crippen LogP contribution is 2.36. The van der Waals surface area contributed by atoms with Crippen molar-refractivity contribution in [3.05, 3.63) is 88.9 Å². The van der Waals surface area contributed by atoms with E-state index in [2.05, 4.69) is 10.5 Å². The van der Waals surface area contributed by atoms with Gasteiger partial charge in [-0.1, -0.05) is 77.4 Å². The summed E-state index contributed by atoms with van der Waals surface area (Å²) in [6, 6.07) is 20.9. The normalized spacial score (nSPS) is 12.1. The molecule has 31 heavy (non-hydrogen) atoms. The van der Waals surface area contributed by atoms with Crippen molar-refractivity contribution in [1.29, 1.82) is 0 Å². The summed E-state index contributed by atoms with van der Waals surface area (Å²) >= 11 is 6.13. The van der Waals surface area contributed by atoms with Crippen LogP contribution < -0.4 is 14.8 Å². The molecule has 1 amide bonds. The largest absolute Gasteiger partial charge is 0.495 e. The number of rotatable bonds is 7. The number of carbonyl (C=O) groups is 1. The zero-order chi connectivity index (χ0) is 22.2. The molecule has 8 heteroatoms. The van der Waals surface area contributed by atoms with Gasteiger partial charge in [-0.05, 0) is 11.6 Å². The van der Waals surface area contributed by atoms with Crippen molar-refractivity contribution in [2.75, 3.05) is 19.5 Å². The van der Waals surface area contributed by atoms with Crippen LogP contribution in [0.4, 0.5) is 10.5 Å². The number of nitrogens with zero attached hydrogens (tertiary/aromatic N) is 1. The highest BCUT2D eigenvalue weighted by Gasteiger charge is 2.19. The van der Waals surface area contributed by atoms with Crippen molar-refractivity contribution < 1.29 is 24.2 Å². The fourth-order valence-corrected chi connectivity index (χ4v) is 3.08. The number of aliphatic hydroxyl groups is 1. The predicted molar refractivity (Wildman–Crippen MR) is 119 cm³/mol. The van der Waals surface area contributed by atoms with Gasteiger partial charge in [0.2, 0.25) is 0 Å². The number of methoxy groups -OCH3 is 2. The third kappa shape index (κ3) is 5.53. The standard InChI is InChI=1S/C23H21ClN2O5/c1-29-19-14-20(30-2)18(13-17(19)24)25-23(28)31-26-21(15-9-5-3-6-10-15)22(27)16-11-7-4-8-12-16/h3-14,22,27H,1-2H3,(H,25,28)/b26-21+/t22-/m1/s1. The third-order valence-corrected chi connectivity index (χ3v) is 4.68. The molecule has 0 unspecified atom stereocenters. The van der Waals surface area contributed by atoms with Crippen LogP contribution in [0.1, 0.15) is 17.2 Å². The number of carbonyl (C=O) groups excluding carboxylic acids is 1. The van der Waals surface area contributed by atoms with E-state index in [4.69, 9.17) is 25.9 Å². The van der Waals surface area contributed by atoms with Crippen LogP contribution in [0.15, 0.2) is 78.0 Å². The highest BCUT2D eigenvalue weighted by atomic mass is 35.5. The van der Waals surface area contributed by atoms with Gasteiger partial charge in [-0.3, -0.25) is 10.2 Å². The average molecular weight is 441 g/mol. The zero-order valence-electron chi connectivity index (χ0n) is 16.9. The second-order valence-corrected chi connectivity index (χ2v) is 6.75. The maximum atomic E-state index is 12.4. The van der Waals surface area contributed by atoms with Crippen molar-refractivity contribution >= 4 is 29.1 Å². The van der Waals surface area contributed by atoms with Crippen molar-refractivity contribution in [3.8, 4) is 11.5 Å². The van der Waals surface area contributed by atoms with Crippen LogP contribution >= 0.6 is 11.6 Å². The molecule has 0 bridgehead atoms. The molecule has 0 saturated heterocycles. The number of oxime groups is 1. The first-order valence-electron chi connectivity index (χ1n) is 9.29. The van der Waals surface area contributed by atoms with Crippen molar-refractivity contribution in [2.45, 2.75) is 6.10 Å². The van der Waals surface area contributed by atoms with E-state index < -0.39 is 12.2 Å². The van der Waals surface area contributed by atoms with E-state index in [1.807, 2.05) is 12.1 Å². The molecule has 0 aromatic heterocycles. The molecule has 7 nitrogen and oxygen atoms in total. The quantitative estimate of drug-likeness (QED) is 0.305. The van der Waals surface area contributed by atoms with Gasteiger partial charge in [-0.2, -0.15) is 0 Å². The molecule has 0 heterocycles. The maximum absolute atomic E-state index is 12.4. The fourth-order valence-electron chi connectivity index (χ4n) is 2.84. The number of hydrogen-bond donors (Lipinski definition) is 2. The first-order valence-corrected chi connectivity index (χ1v) is 9.67. The van der Waals surface area contributed by atoms with Gasteiger partial charge in [0, 0.05) is 11.6 Å². The van der Waals surface area contributed by atoms with Gasteiger partial charge in [0.25, 0.3) is 0 Å². The van der Waals surface area contributed by atoms with E-state index in [0.717, 1.165) is 0 Å². The fraction of sp³-hybridized carbons (Fsp3) is 0.130. The lowest BCUT2D eigenvalue weighted by atomic mass is 9.99. The van der Waals surface area contributed by atoms with E-state index in [9.17, 15) is 9.90 Å². The molecule has 0 aliphatic heterocycles. The molecule has 0 aliphatic rings. The zero-order valence-corrected chi connectivity index (χ0v) is 17.7. The Morgan fingerprint density at radius 1 is 0.968 bits per heavy atom. The number of aliphatic hydroxyl groups excluding tert-OH is 1. The molecular weight excluding hydrogens is 420 g/mol. The minimum Gasteiger partial charge on any atom is -0.495 e. The van der Waals surface area contributed by atoms with Gasteiger partial charge in [-0.15, -0.1) is 0 Å². The molecule has 0 saturated carbocycles. The Kier molecular flexibility index (Phi) is 7.48. The number of hydrogen-bond acceptors (Lipinski definition) is 6. The molecule has 3 rings (SSSR count). The van der Waals surface area contributed by atoms with Crippen LogP contribution in [0.2, 0.25) is 5.02 Å². The highest BCUT2D eigenvalue weighted by molar-refractivity contribution is 6.32. The van der Waals surface area contributed by atoms with Crippen molar-refractivity contribution in [1.82, 2.24) is 0 Å². The molecule has 0 radical (unpaired) electrons. The number of anilines is 1. The number of benzene rings is 3. The molecular formula is C23H21ClN2O5. The minimum absolute atomic E-state index is 0.182. The lowest BCUT2D eigenvalue weighted by Crippen LogP contribution is -2.17. The summed E-state index contributed by atoms with van der Waals surface area (Å²) < 4.78 is 10.4. The minimum atomic E-state index is -1.10. The first-order chi connectivity index (χ1) is 15.0. The molecule has 1 atom stereocenters. The van der Waals surface area contributed by atoms with Gasteiger partial charge < -0.3 is 14.6 Å². The van der Waals surface area contributed by atoms with Gasteiger partial charge >= 0.3 is 6.09 Å². The van der Waals surface area contributed by atoms with E-state index in [-0.39, 0.29) is 16.4 Å². The van der Waals surface area contributed by atoms with Crippen molar-refractivity contribution in [2.24, 2.45) is 5.16 Å². The van der Waals surface area contributed by atoms with E-state index in [1.165, 1.54) is 26.4 Å². The molecule has 0 fully saturated rings. The summed E-state index contributed by atoms with van der Waals surface area (Å²) in [5.41, 5.74) is 1.68. The van der Waals surface area contributed by atoms with Gasteiger partial charge in [0.05, 0.1) is 24.9 Å². The van der Waals surface area contributed by atoms with E-state index >= 15 is 0 Å². The summed E-state index contributed by atoms with van der Waals surface area (Å²) in [4.78, 5) is 17.4. The predicted octanol–water partition coefficient (Wildman–Crippen LogP) is 5.04. The number of nitrogens with one attached hydrogen (secondary N) is 1. The topological polar surface area (TPSA) is 89.4 Å². The Morgan fingerprint density at radius 3 is 2.19 bits per heavy atom. The molecule has 0 aliphatic carbocycles. The van der Waals surface area contributed by atoms with E-state index in [0.29, 0.717) is 22.6 Å². The monoisotopic (exact) mass is 440 g/mol. The van der Waals surface area contributed by atoms with E-state index in [1.54, 1.807) is 48.5 Å². The second kappa shape index (κ2) is 10.5. The Bertz CT molecular complexity index is 1060. The van der Waals surface area contributed by atoms with Crippen molar-refractivity contribution in [3.63, 3.8) is 0 Å². The van der Waals surface area contributed by atoms with Crippen LogP contribution in [0, 0.1) is 0 Å². The Hall–Kier alpha value is -3.55. The lowest BCUT2D eigenvalue weighted by molar-refractivity contribution is 0.162. The van der Waals surface area contributed by atoms with Gasteiger partial charge in [0.1, 0.15) is 23.3 Å². The SMILES string of the molecule is COc1cc(OC)c(NC(=O)O/N=C(\c2ccccc2)[C@H](O)c2ccccc2)cc1Cl. The number of amides is 1. The Morgan fingerprint density at radius 2 is 1.58 bits per heavy atom. The second-order valence-electron chi connectivity index (χ2n) is 6.35. The van der Waals surface area contributed by atoms with Crippen LogP contribution in [0.5, 0.6) is 11.5 Å². The summed E-state index contributed by atoms with van der Waals surface area (Å²) in [6.45, 7) is 0. The van der Waals surface area contributed by atoms with Crippen LogP contribution in [-0.4, -0.2) is 31.1 Å².